The second-order valence-electron chi connectivity index (χ2n) is 6.76. The average molecular weight is 418 g/mol. The van der Waals surface area contributed by atoms with Crippen molar-refractivity contribution in [1.29, 1.82) is 0 Å². The Balaban J connectivity index is 1.74. The molecule has 0 atom stereocenters. The van der Waals surface area contributed by atoms with Gasteiger partial charge >= 0.3 is 0 Å². The molecule has 0 aliphatic carbocycles. The normalized spacial score (nSPS) is 10.6. The summed E-state index contributed by atoms with van der Waals surface area (Å²) in [6.45, 7) is 1.86. The first kappa shape index (κ1) is 19.7. The monoisotopic (exact) mass is 417 g/mol. The van der Waals surface area contributed by atoms with Gasteiger partial charge in [0.25, 0.3) is 5.91 Å². The molecule has 1 aromatic heterocycles. The topological polar surface area (TPSA) is 56.1 Å². The molecule has 0 fully saturated rings. The molecule has 30 heavy (non-hydrogen) atoms. The summed E-state index contributed by atoms with van der Waals surface area (Å²) in [6, 6.07) is 24.5. The van der Waals surface area contributed by atoms with Crippen LogP contribution in [-0.4, -0.2) is 22.8 Å². The smallest absolute Gasteiger partial charge is 0.276 e. The van der Waals surface area contributed by atoms with Gasteiger partial charge in [0.2, 0.25) is 0 Å². The van der Waals surface area contributed by atoms with Crippen molar-refractivity contribution in [3.05, 3.63) is 95.1 Å². The highest BCUT2D eigenvalue weighted by Crippen LogP contribution is 2.27. The van der Waals surface area contributed by atoms with Crippen molar-refractivity contribution in [2.24, 2.45) is 0 Å². The Morgan fingerprint density at radius 1 is 1.00 bits per heavy atom. The number of nitrogens with zero attached hydrogens (tertiary/aromatic N) is 2. The molecule has 0 aliphatic heterocycles. The Morgan fingerprint density at radius 2 is 1.73 bits per heavy atom. The molecule has 0 aliphatic rings. The number of benzene rings is 3. The number of carbonyl (C=O) groups excluding carboxylic acids is 1. The minimum Gasteiger partial charge on any atom is -0.497 e. The third kappa shape index (κ3) is 3.93. The molecular formula is C24H20ClN3O2. The third-order valence-electron chi connectivity index (χ3n) is 4.84. The predicted molar refractivity (Wildman–Crippen MR) is 120 cm³/mol. The van der Waals surface area contributed by atoms with E-state index in [4.69, 9.17) is 16.3 Å². The fraction of sp³-hybridized carbons (Fsp3) is 0.0833. The van der Waals surface area contributed by atoms with E-state index in [9.17, 15) is 4.79 Å². The number of aromatic nitrogens is 2. The maximum absolute atomic E-state index is 13.0. The second-order valence-corrected chi connectivity index (χ2v) is 7.16. The van der Waals surface area contributed by atoms with Gasteiger partial charge in [-0.25, -0.2) is 4.68 Å². The van der Waals surface area contributed by atoms with E-state index in [-0.39, 0.29) is 5.91 Å². The maximum Gasteiger partial charge on any atom is 0.276 e. The molecule has 150 valence electrons. The molecule has 6 heteroatoms. The highest BCUT2D eigenvalue weighted by molar-refractivity contribution is 6.31. The molecular weight excluding hydrogens is 398 g/mol. The minimum atomic E-state index is -0.301. The van der Waals surface area contributed by atoms with E-state index in [0.717, 1.165) is 28.3 Å². The van der Waals surface area contributed by atoms with Gasteiger partial charge in [-0.15, -0.1) is 0 Å². The van der Waals surface area contributed by atoms with Crippen molar-refractivity contribution in [3.8, 4) is 22.7 Å². The highest BCUT2D eigenvalue weighted by atomic mass is 35.5. The maximum atomic E-state index is 13.0. The van der Waals surface area contributed by atoms with Crippen molar-refractivity contribution in [1.82, 2.24) is 9.78 Å². The van der Waals surface area contributed by atoms with Gasteiger partial charge < -0.3 is 10.1 Å². The van der Waals surface area contributed by atoms with E-state index in [1.54, 1.807) is 30.0 Å². The molecule has 0 unspecified atom stereocenters. The standard InChI is InChI=1S/C24H20ClN3O2/c1-16-20(25)9-6-10-21(16)26-24(29)22-15-23(17-11-13-19(30-2)14-12-17)28(27-22)18-7-4-3-5-8-18/h3-15H,1-2H3,(H,26,29). The molecule has 0 bridgehead atoms. The van der Waals surface area contributed by atoms with Gasteiger partial charge in [-0.2, -0.15) is 5.10 Å². The summed E-state index contributed by atoms with van der Waals surface area (Å²) in [5.41, 5.74) is 4.37. The summed E-state index contributed by atoms with van der Waals surface area (Å²) in [4.78, 5) is 13.0. The van der Waals surface area contributed by atoms with Gasteiger partial charge in [-0.3, -0.25) is 4.79 Å². The van der Waals surface area contributed by atoms with Crippen LogP contribution in [0.1, 0.15) is 16.1 Å². The summed E-state index contributed by atoms with van der Waals surface area (Å²) >= 11 is 6.18. The van der Waals surface area contributed by atoms with Gasteiger partial charge in [0.15, 0.2) is 5.69 Å². The molecule has 1 N–H and O–H groups in total. The number of halogens is 1. The number of ether oxygens (including phenoxy) is 1. The van der Waals surface area contributed by atoms with E-state index in [1.165, 1.54) is 0 Å². The first-order chi connectivity index (χ1) is 14.6. The zero-order valence-corrected chi connectivity index (χ0v) is 17.4. The second kappa shape index (κ2) is 8.43. The molecule has 5 nitrogen and oxygen atoms in total. The molecule has 1 amide bonds. The van der Waals surface area contributed by atoms with E-state index in [2.05, 4.69) is 10.4 Å². The lowest BCUT2D eigenvalue weighted by atomic mass is 10.1. The van der Waals surface area contributed by atoms with E-state index >= 15 is 0 Å². The number of rotatable bonds is 5. The molecule has 0 saturated heterocycles. The van der Waals surface area contributed by atoms with Crippen LogP contribution in [-0.2, 0) is 0 Å². The lowest BCUT2D eigenvalue weighted by Gasteiger charge is -2.08. The number of carbonyl (C=O) groups is 1. The Morgan fingerprint density at radius 3 is 2.43 bits per heavy atom. The number of amides is 1. The third-order valence-corrected chi connectivity index (χ3v) is 5.25. The lowest BCUT2D eigenvalue weighted by molar-refractivity contribution is 0.102. The summed E-state index contributed by atoms with van der Waals surface area (Å²) in [7, 11) is 1.63. The molecule has 4 aromatic rings. The summed E-state index contributed by atoms with van der Waals surface area (Å²) in [5, 5.41) is 8.10. The zero-order chi connectivity index (χ0) is 21.1. The molecule has 1 heterocycles. The molecule has 0 spiro atoms. The van der Waals surface area contributed by atoms with Crippen LogP contribution >= 0.6 is 11.6 Å². The highest BCUT2D eigenvalue weighted by Gasteiger charge is 2.18. The van der Waals surface area contributed by atoms with Crippen LogP contribution in [0.4, 0.5) is 5.69 Å². The summed E-state index contributed by atoms with van der Waals surface area (Å²) < 4.78 is 7.02. The summed E-state index contributed by atoms with van der Waals surface area (Å²) in [6.07, 6.45) is 0. The van der Waals surface area contributed by atoms with Gasteiger partial charge in [0.05, 0.1) is 18.5 Å². The minimum absolute atomic E-state index is 0.301. The number of anilines is 1. The summed E-state index contributed by atoms with van der Waals surface area (Å²) in [5.74, 6) is 0.462. The largest absolute Gasteiger partial charge is 0.497 e. The molecule has 0 radical (unpaired) electrons. The van der Waals surface area contributed by atoms with Crippen LogP contribution in [0.3, 0.4) is 0 Å². The molecule has 3 aromatic carbocycles. The Kier molecular flexibility index (Phi) is 5.55. The van der Waals surface area contributed by atoms with Crippen molar-refractivity contribution >= 4 is 23.2 Å². The van der Waals surface area contributed by atoms with E-state index < -0.39 is 0 Å². The van der Waals surface area contributed by atoms with Gasteiger partial charge in [0.1, 0.15) is 5.75 Å². The van der Waals surface area contributed by atoms with Crippen molar-refractivity contribution in [3.63, 3.8) is 0 Å². The average Bonchev–Trinajstić information content (AvgIpc) is 3.23. The SMILES string of the molecule is COc1ccc(-c2cc(C(=O)Nc3cccc(Cl)c3C)nn2-c2ccccc2)cc1. The first-order valence-corrected chi connectivity index (χ1v) is 9.81. The van der Waals surface area contributed by atoms with Crippen molar-refractivity contribution in [2.75, 3.05) is 12.4 Å². The van der Waals surface area contributed by atoms with E-state index in [0.29, 0.717) is 16.4 Å². The fourth-order valence-electron chi connectivity index (χ4n) is 3.15. The van der Waals surface area contributed by atoms with Crippen LogP contribution in [0.5, 0.6) is 5.75 Å². The number of hydrogen-bond acceptors (Lipinski definition) is 3. The number of hydrogen-bond donors (Lipinski definition) is 1. The Labute approximate surface area is 179 Å². The molecule has 4 rings (SSSR count). The fourth-order valence-corrected chi connectivity index (χ4v) is 3.33. The Hall–Kier alpha value is -3.57. The lowest BCUT2D eigenvalue weighted by Crippen LogP contribution is -2.14. The van der Waals surface area contributed by atoms with Crippen LogP contribution in [0, 0.1) is 6.92 Å². The van der Waals surface area contributed by atoms with Crippen LogP contribution < -0.4 is 10.1 Å². The zero-order valence-electron chi connectivity index (χ0n) is 16.6. The quantitative estimate of drug-likeness (QED) is 0.449. The van der Waals surface area contributed by atoms with Crippen LogP contribution in [0.2, 0.25) is 5.02 Å². The van der Waals surface area contributed by atoms with Gasteiger partial charge in [-0.1, -0.05) is 35.9 Å². The van der Waals surface area contributed by atoms with E-state index in [1.807, 2.05) is 67.6 Å². The first-order valence-electron chi connectivity index (χ1n) is 9.43. The number of para-hydroxylation sites is 1. The van der Waals surface area contributed by atoms with Crippen LogP contribution in [0.15, 0.2) is 78.9 Å². The van der Waals surface area contributed by atoms with Gasteiger partial charge in [-0.05, 0) is 67.1 Å². The Bertz CT molecular complexity index is 1190. The van der Waals surface area contributed by atoms with Crippen molar-refractivity contribution in [2.45, 2.75) is 6.92 Å². The molecule has 0 saturated carbocycles. The number of nitrogens with one attached hydrogen (secondary N) is 1. The van der Waals surface area contributed by atoms with Gasteiger partial charge in [0, 0.05) is 16.3 Å². The number of methoxy groups -OCH3 is 1. The predicted octanol–water partition coefficient (Wildman–Crippen LogP) is 5.76. The van der Waals surface area contributed by atoms with Crippen LogP contribution in [0.25, 0.3) is 16.9 Å². The van der Waals surface area contributed by atoms with Crippen molar-refractivity contribution < 1.29 is 9.53 Å².